The Morgan fingerprint density at radius 3 is 2.56 bits per heavy atom. The van der Waals surface area contributed by atoms with Gasteiger partial charge in [0.05, 0.1) is 12.3 Å². The van der Waals surface area contributed by atoms with E-state index in [4.69, 9.17) is 16.3 Å². The molecule has 0 aliphatic carbocycles. The number of nitrogens with one attached hydrogen (secondary N) is 1. The largest absolute Gasteiger partial charge is 0.494 e. The van der Waals surface area contributed by atoms with Crippen LogP contribution >= 0.6 is 22.9 Å². The van der Waals surface area contributed by atoms with Gasteiger partial charge in [0, 0.05) is 21.5 Å². The van der Waals surface area contributed by atoms with Gasteiger partial charge < -0.3 is 4.74 Å². The fourth-order valence-corrected chi connectivity index (χ4v) is 3.02. The Labute approximate surface area is 155 Å². The maximum Gasteiger partial charge on any atom is 0.257 e. The molecule has 0 radical (unpaired) electrons. The third kappa shape index (κ3) is 4.59. The summed E-state index contributed by atoms with van der Waals surface area (Å²) in [5, 5.41) is 5.96. The maximum absolute atomic E-state index is 12.3. The third-order valence-electron chi connectivity index (χ3n) is 3.45. The number of nitrogens with zero attached hydrogens (tertiary/aromatic N) is 1. The molecule has 0 unspecified atom stereocenters. The molecule has 4 nitrogen and oxygen atoms in total. The van der Waals surface area contributed by atoms with Crippen LogP contribution in [0.1, 0.15) is 23.7 Å². The summed E-state index contributed by atoms with van der Waals surface area (Å²) in [7, 11) is 0. The topological polar surface area (TPSA) is 51.2 Å². The van der Waals surface area contributed by atoms with E-state index in [1.807, 2.05) is 36.6 Å². The molecule has 0 aliphatic heterocycles. The predicted molar refractivity (Wildman–Crippen MR) is 103 cm³/mol. The van der Waals surface area contributed by atoms with Crippen LogP contribution in [0.15, 0.2) is 53.9 Å². The number of benzene rings is 2. The van der Waals surface area contributed by atoms with E-state index in [1.165, 1.54) is 11.3 Å². The van der Waals surface area contributed by atoms with Gasteiger partial charge >= 0.3 is 0 Å². The Bertz CT molecular complexity index is 845. The van der Waals surface area contributed by atoms with Gasteiger partial charge in [-0.1, -0.05) is 30.7 Å². The molecule has 3 rings (SSSR count). The minimum absolute atomic E-state index is 0.195. The first-order chi connectivity index (χ1) is 12.2. The number of hydrogen-bond acceptors (Lipinski definition) is 4. The molecule has 0 aliphatic rings. The number of amides is 1. The molecule has 1 aromatic heterocycles. The van der Waals surface area contributed by atoms with E-state index in [0.29, 0.717) is 22.3 Å². The third-order valence-corrected chi connectivity index (χ3v) is 4.46. The first kappa shape index (κ1) is 17.5. The van der Waals surface area contributed by atoms with Crippen LogP contribution < -0.4 is 10.1 Å². The molecule has 25 heavy (non-hydrogen) atoms. The van der Waals surface area contributed by atoms with E-state index >= 15 is 0 Å². The van der Waals surface area contributed by atoms with Crippen molar-refractivity contribution >= 4 is 34.0 Å². The highest BCUT2D eigenvalue weighted by atomic mass is 35.5. The van der Waals surface area contributed by atoms with E-state index < -0.39 is 0 Å². The number of aromatic nitrogens is 1. The van der Waals surface area contributed by atoms with Crippen molar-refractivity contribution in [2.45, 2.75) is 13.3 Å². The average molecular weight is 373 g/mol. The van der Waals surface area contributed by atoms with Crippen molar-refractivity contribution in [3.8, 4) is 17.0 Å². The van der Waals surface area contributed by atoms with E-state index in [9.17, 15) is 4.79 Å². The molecule has 6 heteroatoms. The monoisotopic (exact) mass is 372 g/mol. The molecule has 0 atom stereocenters. The first-order valence-corrected chi connectivity index (χ1v) is 9.17. The summed E-state index contributed by atoms with van der Waals surface area (Å²) >= 11 is 7.28. The zero-order valence-corrected chi connectivity index (χ0v) is 15.2. The van der Waals surface area contributed by atoms with Gasteiger partial charge in [-0.2, -0.15) is 0 Å². The summed E-state index contributed by atoms with van der Waals surface area (Å²) in [5.74, 6) is 0.566. The zero-order chi connectivity index (χ0) is 17.6. The molecule has 0 bridgehead atoms. The molecule has 1 heterocycles. The SMILES string of the molecule is CCCOc1ccc(C(=O)Nc2nc(-c3ccc(Cl)cc3)cs2)cc1. The van der Waals surface area contributed by atoms with Gasteiger partial charge in [0.2, 0.25) is 0 Å². The standard InChI is InChI=1S/C19H17ClN2O2S/c1-2-11-24-16-9-5-14(6-10-16)18(23)22-19-21-17(12-25-19)13-3-7-15(20)8-4-13/h3-10,12H,2,11H2,1H3,(H,21,22,23). The minimum atomic E-state index is -0.195. The molecule has 2 aromatic carbocycles. The molecule has 128 valence electrons. The molecular weight excluding hydrogens is 356 g/mol. The van der Waals surface area contributed by atoms with Crippen LogP contribution in [0.5, 0.6) is 5.75 Å². The average Bonchev–Trinajstić information content (AvgIpc) is 3.09. The van der Waals surface area contributed by atoms with E-state index in [2.05, 4.69) is 10.3 Å². The van der Waals surface area contributed by atoms with Crippen LogP contribution in [0.4, 0.5) is 5.13 Å². The van der Waals surface area contributed by atoms with Gasteiger partial charge in [0.25, 0.3) is 5.91 Å². The Kier molecular flexibility index (Phi) is 5.68. The summed E-state index contributed by atoms with van der Waals surface area (Å²) in [4.78, 5) is 16.8. The second-order valence-corrected chi connectivity index (χ2v) is 6.67. The molecular formula is C19H17ClN2O2S. The Morgan fingerprint density at radius 2 is 1.88 bits per heavy atom. The van der Waals surface area contributed by atoms with Gasteiger partial charge in [-0.05, 0) is 42.8 Å². The molecule has 0 fully saturated rings. The highest BCUT2D eigenvalue weighted by Crippen LogP contribution is 2.26. The second kappa shape index (κ2) is 8.14. The van der Waals surface area contributed by atoms with Crippen LogP contribution in [-0.2, 0) is 0 Å². The Morgan fingerprint density at radius 1 is 1.16 bits per heavy atom. The number of ether oxygens (including phenoxy) is 1. The predicted octanol–water partition coefficient (Wildman–Crippen LogP) is 5.50. The normalized spacial score (nSPS) is 10.5. The number of anilines is 1. The lowest BCUT2D eigenvalue weighted by Gasteiger charge is -2.05. The first-order valence-electron chi connectivity index (χ1n) is 7.91. The van der Waals surface area contributed by atoms with E-state index in [0.717, 1.165) is 23.4 Å². The van der Waals surface area contributed by atoms with Crippen molar-refractivity contribution in [3.05, 3.63) is 64.5 Å². The van der Waals surface area contributed by atoms with Gasteiger partial charge in [0.15, 0.2) is 5.13 Å². The highest BCUT2D eigenvalue weighted by molar-refractivity contribution is 7.14. The summed E-state index contributed by atoms with van der Waals surface area (Å²) in [6.07, 6.45) is 0.947. The number of hydrogen-bond donors (Lipinski definition) is 1. The van der Waals surface area contributed by atoms with Crippen molar-refractivity contribution in [1.82, 2.24) is 4.98 Å². The van der Waals surface area contributed by atoms with Crippen LogP contribution in [0.25, 0.3) is 11.3 Å². The van der Waals surface area contributed by atoms with Crippen LogP contribution in [-0.4, -0.2) is 17.5 Å². The lowest BCUT2D eigenvalue weighted by atomic mass is 10.2. The number of halogens is 1. The van der Waals surface area contributed by atoms with Gasteiger partial charge in [-0.3, -0.25) is 10.1 Å². The molecule has 0 saturated heterocycles. The molecule has 0 spiro atoms. The van der Waals surface area contributed by atoms with Crippen LogP contribution in [0.2, 0.25) is 5.02 Å². The quantitative estimate of drug-likeness (QED) is 0.621. The Balaban J connectivity index is 1.66. The van der Waals surface area contributed by atoms with Crippen LogP contribution in [0, 0.1) is 0 Å². The van der Waals surface area contributed by atoms with Crippen molar-refractivity contribution in [1.29, 1.82) is 0 Å². The second-order valence-electron chi connectivity index (χ2n) is 5.37. The summed E-state index contributed by atoms with van der Waals surface area (Å²) in [5.41, 5.74) is 2.32. The van der Waals surface area contributed by atoms with E-state index in [-0.39, 0.29) is 5.91 Å². The summed E-state index contributed by atoms with van der Waals surface area (Å²) in [6, 6.07) is 14.5. The lowest BCUT2D eigenvalue weighted by molar-refractivity contribution is 0.102. The number of rotatable bonds is 6. The zero-order valence-electron chi connectivity index (χ0n) is 13.7. The number of carbonyl (C=O) groups excluding carboxylic acids is 1. The fraction of sp³-hybridized carbons (Fsp3) is 0.158. The molecule has 3 aromatic rings. The van der Waals surface area contributed by atoms with Crippen molar-refractivity contribution in [3.63, 3.8) is 0 Å². The van der Waals surface area contributed by atoms with Gasteiger partial charge in [-0.25, -0.2) is 4.98 Å². The van der Waals surface area contributed by atoms with Crippen LogP contribution in [0.3, 0.4) is 0 Å². The van der Waals surface area contributed by atoms with Gasteiger partial charge in [-0.15, -0.1) is 11.3 Å². The number of thiazole rings is 1. The highest BCUT2D eigenvalue weighted by Gasteiger charge is 2.10. The lowest BCUT2D eigenvalue weighted by Crippen LogP contribution is -2.11. The molecule has 1 amide bonds. The fourth-order valence-electron chi connectivity index (χ4n) is 2.18. The van der Waals surface area contributed by atoms with Crippen molar-refractivity contribution in [2.75, 3.05) is 11.9 Å². The summed E-state index contributed by atoms with van der Waals surface area (Å²) < 4.78 is 5.52. The number of carbonyl (C=O) groups is 1. The molecule has 1 N–H and O–H groups in total. The Hall–Kier alpha value is -2.37. The van der Waals surface area contributed by atoms with Gasteiger partial charge in [0.1, 0.15) is 5.75 Å². The van der Waals surface area contributed by atoms with Crippen molar-refractivity contribution in [2.24, 2.45) is 0 Å². The maximum atomic E-state index is 12.3. The summed E-state index contributed by atoms with van der Waals surface area (Å²) in [6.45, 7) is 2.71. The molecule has 0 saturated carbocycles. The smallest absolute Gasteiger partial charge is 0.257 e. The van der Waals surface area contributed by atoms with Crippen molar-refractivity contribution < 1.29 is 9.53 Å². The minimum Gasteiger partial charge on any atom is -0.494 e. The van der Waals surface area contributed by atoms with E-state index in [1.54, 1.807) is 24.3 Å².